The minimum absolute atomic E-state index is 0.0965. The van der Waals surface area contributed by atoms with Crippen LogP contribution >= 0.6 is 0 Å². The number of nitrogens with zero attached hydrogens (tertiary/aromatic N) is 2. The Balaban J connectivity index is 2.21. The molecule has 1 amide bonds. The molecule has 17 heavy (non-hydrogen) atoms. The highest BCUT2D eigenvalue weighted by molar-refractivity contribution is 5.82. The lowest BCUT2D eigenvalue weighted by Crippen LogP contribution is -2.39. The van der Waals surface area contributed by atoms with Gasteiger partial charge in [-0.1, -0.05) is 25.9 Å². The molecule has 1 aromatic heterocycles. The molecule has 1 aliphatic rings. The highest BCUT2D eigenvalue weighted by Gasteiger charge is 2.36. The number of amides is 1. The zero-order valence-electron chi connectivity index (χ0n) is 11.0. The summed E-state index contributed by atoms with van der Waals surface area (Å²) in [6.45, 7) is 8.57. The average Bonchev–Trinajstić information content (AvgIpc) is 2.82. The van der Waals surface area contributed by atoms with Crippen molar-refractivity contribution in [2.45, 2.75) is 46.6 Å². The van der Waals surface area contributed by atoms with Crippen molar-refractivity contribution in [3.05, 3.63) is 17.5 Å². The molecular formula is C13H20N2O2. The van der Waals surface area contributed by atoms with Crippen LogP contribution in [0, 0.1) is 12.3 Å². The van der Waals surface area contributed by atoms with Gasteiger partial charge in [-0.15, -0.1) is 0 Å². The van der Waals surface area contributed by atoms with E-state index in [2.05, 4.69) is 5.16 Å². The van der Waals surface area contributed by atoms with Gasteiger partial charge in [0.1, 0.15) is 11.5 Å². The van der Waals surface area contributed by atoms with Crippen LogP contribution in [0.15, 0.2) is 10.6 Å². The maximum absolute atomic E-state index is 12.3. The van der Waals surface area contributed by atoms with Crippen molar-refractivity contribution in [3.63, 3.8) is 0 Å². The molecule has 0 unspecified atom stereocenters. The van der Waals surface area contributed by atoms with Crippen molar-refractivity contribution in [1.29, 1.82) is 0 Å². The summed E-state index contributed by atoms with van der Waals surface area (Å²) >= 11 is 0. The zero-order chi connectivity index (χ0) is 12.6. The van der Waals surface area contributed by atoms with Crippen LogP contribution in [-0.4, -0.2) is 22.5 Å². The van der Waals surface area contributed by atoms with Gasteiger partial charge in [0.15, 0.2) is 0 Å². The topological polar surface area (TPSA) is 46.3 Å². The average molecular weight is 236 g/mol. The minimum Gasteiger partial charge on any atom is -0.361 e. The van der Waals surface area contributed by atoms with E-state index in [1.165, 1.54) is 0 Å². The number of aromatic nitrogens is 1. The van der Waals surface area contributed by atoms with E-state index in [-0.39, 0.29) is 17.4 Å². The van der Waals surface area contributed by atoms with E-state index in [9.17, 15) is 4.79 Å². The van der Waals surface area contributed by atoms with Gasteiger partial charge in [0.05, 0.1) is 6.04 Å². The van der Waals surface area contributed by atoms with Gasteiger partial charge >= 0.3 is 0 Å². The Morgan fingerprint density at radius 2 is 2.24 bits per heavy atom. The van der Waals surface area contributed by atoms with Gasteiger partial charge in [-0.2, -0.15) is 0 Å². The summed E-state index contributed by atoms with van der Waals surface area (Å²) in [5, 5.41) is 4.04. The minimum atomic E-state index is -0.332. The number of carbonyl (C=O) groups is 1. The Morgan fingerprint density at radius 3 is 2.76 bits per heavy atom. The largest absolute Gasteiger partial charge is 0.361 e. The molecule has 1 aromatic rings. The second-order valence-electron chi connectivity index (χ2n) is 5.77. The summed E-state index contributed by atoms with van der Waals surface area (Å²) in [4.78, 5) is 14.3. The van der Waals surface area contributed by atoms with Crippen LogP contribution in [0.2, 0.25) is 0 Å². The third-order valence-corrected chi connectivity index (χ3v) is 3.14. The maximum atomic E-state index is 12.3. The molecule has 0 aliphatic carbocycles. The molecule has 4 nitrogen and oxygen atoms in total. The molecule has 0 spiro atoms. The third kappa shape index (κ3) is 2.35. The highest BCUT2D eigenvalue weighted by atomic mass is 16.5. The Morgan fingerprint density at radius 1 is 1.53 bits per heavy atom. The first-order valence-corrected chi connectivity index (χ1v) is 6.14. The van der Waals surface area contributed by atoms with Crippen LogP contribution in [0.1, 0.15) is 51.1 Å². The molecule has 1 aliphatic heterocycles. The molecule has 0 aromatic carbocycles. The van der Waals surface area contributed by atoms with E-state index < -0.39 is 0 Å². The van der Waals surface area contributed by atoms with Crippen LogP contribution in [0.4, 0.5) is 0 Å². The summed E-state index contributed by atoms with van der Waals surface area (Å²) in [7, 11) is 0. The van der Waals surface area contributed by atoms with E-state index in [4.69, 9.17) is 4.52 Å². The maximum Gasteiger partial charge on any atom is 0.228 e. The first-order valence-electron chi connectivity index (χ1n) is 6.14. The molecule has 2 rings (SSSR count). The predicted molar refractivity (Wildman–Crippen MR) is 64.4 cm³/mol. The first kappa shape index (κ1) is 12.1. The number of hydrogen-bond donors (Lipinski definition) is 0. The summed E-state index contributed by atoms with van der Waals surface area (Å²) in [6.07, 6.45) is 2.02. The highest BCUT2D eigenvalue weighted by Crippen LogP contribution is 2.34. The monoisotopic (exact) mass is 236 g/mol. The van der Waals surface area contributed by atoms with Crippen LogP contribution in [-0.2, 0) is 4.79 Å². The Hall–Kier alpha value is -1.32. The van der Waals surface area contributed by atoms with Crippen molar-refractivity contribution in [1.82, 2.24) is 10.1 Å². The second kappa shape index (κ2) is 4.17. The van der Waals surface area contributed by atoms with E-state index in [1.807, 2.05) is 38.7 Å². The predicted octanol–water partition coefficient (Wildman–Crippen LogP) is 2.69. The smallest absolute Gasteiger partial charge is 0.228 e. The van der Waals surface area contributed by atoms with Crippen LogP contribution in [0.3, 0.4) is 0 Å². The van der Waals surface area contributed by atoms with E-state index in [1.54, 1.807) is 0 Å². The molecular weight excluding hydrogens is 216 g/mol. The summed E-state index contributed by atoms with van der Waals surface area (Å²) in [5.41, 5.74) is 0.555. The normalized spacial score (nSPS) is 20.9. The van der Waals surface area contributed by atoms with Crippen LogP contribution < -0.4 is 0 Å². The van der Waals surface area contributed by atoms with Gasteiger partial charge in [0.25, 0.3) is 0 Å². The van der Waals surface area contributed by atoms with Crippen molar-refractivity contribution in [3.8, 4) is 0 Å². The summed E-state index contributed by atoms with van der Waals surface area (Å²) in [5.74, 6) is 0.996. The van der Waals surface area contributed by atoms with Crippen molar-refractivity contribution in [2.75, 3.05) is 6.54 Å². The summed E-state index contributed by atoms with van der Waals surface area (Å²) in [6, 6.07) is 2.03. The molecule has 0 bridgehead atoms. The Kier molecular flexibility index (Phi) is 2.98. The lowest BCUT2D eigenvalue weighted by atomic mass is 9.94. The fourth-order valence-corrected chi connectivity index (χ4v) is 2.29. The molecule has 1 atom stereocenters. The van der Waals surface area contributed by atoms with E-state index in [0.717, 1.165) is 30.8 Å². The molecule has 2 heterocycles. The molecule has 0 saturated carbocycles. The lowest BCUT2D eigenvalue weighted by Gasteiger charge is -2.29. The van der Waals surface area contributed by atoms with Gasteiger partial charge in [0.2, 0.25) is 5.91 Å². The molecule has 0 N–H and O–H groups in total. The van der Waals surface area contributed by atoms with Crippen molar-refractivity contribution < 1.29 is 9.32 Å². The molecule has 1 fully saturated rings. The lowest BCUT2D eigenvalue weighted by molar-refractivity contribution is -0.140. The zero-order valence-corrected chi connectivity index (χ0v) is 11.0. The number of carbonyl (C=O) groups excluding carboxylic acids is 1. The molecule has 1 saturated heterocycles. The van der Waals surface area contributed by atoms with Crippen LogP contribution in [0.5, 0.6) is 0 Å². The summed E-state index contributed by atoms with van der Waals surface area (Å²) < 4.78 is 5.10. The van der Waals surface area contributed by atoms with Gasteiger partial charge in [0, 0.05) is 18.0 Å². The fourth-order valence-electron chi connectivity index (χ4n) is 2.29. The van der Waals surface area contributed by atoms with E-state index >= 15 is 0 Å². The Labute approximate surface area is 102 Å². The SMILES string of the molecule is Cc1cc([C@H]2CCCN2C(=O)C(C)(C)C)no1. The van der Waals surface area contributed by atoms with Gasteiger partial charge < -0.3 is 9.42 Å². The quantitative estimate of drug-likeness (QED) is 0.753. The molecule has 4 heteroatoms. The number of aryl methyl sites for hydroxylation is 1. The number of likely N-dealkylation sites (tertiary alicyclic amines) is 1. The first-order chi connectivity index (χ1) is 7.89. The molecule has 94 valence electrons. The van der Waals surface area contributed by atoms with Crippen molar-refractivity contribution >= 4 is 5.91 Å². The van der Waals surface area contributed by atoms with Gasteiger partial charge in [-0.25, -0.2) is 0 Å². The number of rotatable bonds is 1. The number of hydrogen-bond acceptors (Lipinski definition) is 3. The Bertz CT molecular complexity index is 417. The standard InChI is InChI=1S/C13H20N2O2/c1-9-8-10(14-17-9)11-6-5-7-15(11)12(16)13(2,3)4/h8,11H,5-7H2,1-4H3/t11-/m1/s1. The van der Waals surface area contributed by atoms with Gasteiger partial charge in [-0.3, -0.25) is 4.79 Å². The second-order valence-corrected chi connectivity index (χ2v) is 5.77. The van der Waals surface area contributed by atoms with Gasteiger partial charge in [-0.05, 0) is 19.8 Å². The van der Waals surface area contributed by atoms with Crippen molar-refractivity contribution in [2.24, 2.45) is 5.41 Å². The van der Waals surface area contributed by atoms with Crippen LogP contribution in [0.25, 0.3) is 0 Å². The molecule has 0 radical (unpaired) electrons. The van der Waals surface area contributed by atoms with E-state index in [0.29, 0.717) is 0 Å². The third-order valence-electron chi connectivity index (χ3n) is 3.14. The fraction of sp³-hybridized carbons (Fsp3) is 0.692.